The lowest BCUT2D eigenvalue weighted by Crippen LogP contribution is -2.64. The van der Waals surface area contributed by atoms with Gasteiger partial charge in [-0.05, 0) is 63.5 Å². The van der Waals surface area contributed by atoms with Gasteiger partial charge in [-0.1, -0.05) is 36.4 Å². The fourth-order valence-electron chi connectivity index (χ4n) is 5.50. The Balaban J connectivity index is 1.39. The maximum Gasteiger partial charge on any atom is 0.416 e. The van der Waals surface area contributed by atoms with Gasteiger partial charge in [0.2, 0.25) is 0 Å². The van der Waals surface area contributed by atoms with Crippen molar-refractivity contribution >= 4 is 5.69 Å². The van der Waals surface area contributed by atoms with Crippen molar-refractivity contribution in [3.8, 4) is 0 Å². The van der Waals surface area contributed by atoms with E-state index in [1.807, 2.05) is 11.0 Å². The second-order valence-electron chi connectivity index (χ2n) is 9.34. The van der Waals surface area contributed by atoms with Gasteiger partial charge in [0.05, 0.1) is 5.56 Å². The minimum atomic E-state index is -4.35. The van der Waals surface area contributed by atoms with Crippen LogP contribution in [-0.4, -0.2) is 43.5 Å². The maximum atomic E-state index is 13.2. The van der Waals surface area contributed by atoms with Gasteiger partial charge < -0.3 is 9.64 Å². The zero-order chi connectivity index (χ0) is 21.9. The fourth-order valence-corrected chi connectivity index (χ4v) is 5.50. The molecular formula is C24H28F3N3O. The molecule has 1 aliphatic carbocycles. The van der Waals surface area contributed by atoms with Crippen LogP contribution in [0.3, 0.4) is 0 Å². The smallest absolute Gasteiger partial charge is 0.341 e. The van der Waals surface area contributed by atoms with E-state index in [1.165, 1.54) is 17.7 Å². The van der Waals surface area contributed by atoms with Crippen LogP contribution in [0.2, 0.25) is 0 Å². The molecule has 3 fully saturated rings. The Morgan fingerprint density at radius 3 is 2.35 bits per heavy atom. The third-order valence-electron chi connectivity index (χ3n) is 7.40. The number of rotatable bonds is 3. The lowest BCUT2D eigenvalue weighted by molar-refractivity contribution is -0.137. The summed E-state index contributed by atoms with van der Waals surface area (Å²) in [5.41, 5.74) is 1.09. The van der Waals surface area contributed by atoms with Gasteiger partial charge in [0.25, 0.3) is 0 Å². The number of ether oxygens (including phenoxy) is 1. The number of nitrogens with one attached hydrogen (secondary N) is 1. The Hall–Kier alpha value is -2.09. The zero-order valence-electron chi connectivity index (χ0n) is 17.8. The van der Waals surface area contributed by atoms with E-state index in [9.17, 15) is 13.2 Å². The molecule has 0 bridgehead atoms. The van der Waals surface area contributed by atoms with Crippen LogP contribution in [-0.2, 0) is 16.5 Å². The molecule has 2 aliphatic heterocycles. The summed E-state index contributed by atoms with van der Waals surface area (Å²) >= 11 is 0. The van der Waals surface area contributed by atoms with E-state index in [0.29, 0.717) is 12.2 Å². The van der Waals surface area contributed by atoms with Gasteiger partial charge in [-0.2, -0.15) is 13.2 Å². The summed E-state index contributed by atoms with van der Waals surface area (Å²) in [6.45, 7) is 0.647. The highest BCUT2D eigenvalue weighted by Gasteiger charge is 2.57. The molecule has 31 heavy (non-hydrogen) atoms. The number of alkyl halides is 3. The Bertz CT molecular complexity index is 939. The summed E-state index contributed by atoms with van der Waals surface area (Å²) in [5, 5.41) is 3.67. The summed E-state index contributed by atoms with van der Waals surface area (Å²) in [4.78, 5) is 4.33. The lowest BCUT2D eigenvalue weighted by Gasteiger charge is -2.52. The van der Waals surface area contributed by atoms with Crippen molar-refractivity contribution in [1.29, 1.82) is 0 Å². The van der Waals surface area contributed by atoms with E-state index in [0.717, 1.165) is 31.7 Å². The van der Waals surface area contributed by atoms with E-state index < -0.39 is 11.7 Å². The van der Waals surface area contributed by atoms with Crippen molar-refractivity contribution in [2.24, 2.45) is 0 Å². The molecular weight excluding hydrogens is 403 g/mol. The summed E-state index contributed by atoms with van der Waals surface area (Å²) in [7, 11) is 4.27. The molecule has 4 nitrogen and oxygen atoms in total. The highest BCUT2D eigenvalue weighted by atomic mass is 19.4. The first-order valence-electron chi connectivity index (χ1n) is 10.8. The molecule has 1 spiro atoms. The van der Waals surface area contributed by atoms with Gasteiger partial charge in [0, 0.05) is 23.3 Å². The molecule has 2 heterocycles. The van der Waals surface area contributed by atoms with E-state index in [1.54, 1.807) is 6.07 Å². The average Bonchev–Trinajstić information content (AvgIpc) is 3.53. The van der Waals surface area contributed by atoms with Gasteiger partial charge in [-0.25, -0.2) is 0 Å². The average molecular weight is 432 g/mol. The number of piperazine rings is 1. The quantitative estimate of drug-likeness (QED) is 0.722. The molecule has 0 radical (unpaired) electrons. The van der Waals surface area contributed by atoms with Crippen LogP contribution in [0.15, 0.2) is 54.6 Å². The molecule has 5 rings (SSSR count). The summed E-state index contributed by atoms with van der Waals surface area (Å²) < 4.78 is 45.5. The maximum absolute atomic E-state index is 13.2. The molecule has 7 heteroatoms. The predicted octanol–water partition coefficient (Wildman–Crippen LogP) is 4.57. The second-order valence-corrected chi connectivity index (χ2v) is 9.34. The molecule has 0 aromatic heterocycles. The number of epoxide rings is 1. The van der Waals surface area contributed by atoms with Crippen molar-refractivity contribution < 1.29 is 17.9 Å². The van der Waals surface area contributed by atoms with E-state index in [2.05, 4.69) is 48.6 Å². The first kappa shape index (κ1) is 20.8. The monoisotopic (exact) mass is 431 g/mol. The highest BCUT2D eigenvalue weighted by Crippen LogP contribution is 2.48. The van der Waals surface area contributed by atoms with Crippen LogP contribution in [0.1, 0.15) is 36.8 Å². The SMILES string of the molecule is CN(C)C1(c2ccccc2)CCC2(CC1)CN(c1cccc(C(F)(F)F)c1)C1OC1N2. The normalized spacial score (nSPS) is 32.9. The van der Waals surface area contributed by atoms with Crippen molar-refractivity contribution in [2.75, 3.05) is 25.5 Å². The van der Waals surface area contributed by atoms with Crippen LogP contribution in [0.4, 0.5) is 18.9 Å². The molecule has 2 aromatic rings. The van der Waals surface area contributed by atoms with Gasteiger partial charge in [-0.3, -0.25) is 10.2 Å². The van der Waals surface area contributed by atoms with E-state index in [4.69, 9.17) is 4.74 Å². The summed E-state index contributed by atoms with van der Waals surface area (Å²) in [5.74, 6) is 0. The Morgan fingerprint density at radius 2 is 1.71 bits per heavy atom. The van der Waals surface area contributed by atoms with Gasteiger partial charge in [-0.15, -0.1) is 0 Å². The molecule has 0 amide bonds. The Labute approximate surface area is 181 Å². The number of fused-ring (bicyclic) bond motifs is 1. The Kier molecular flexibility index (Phi) is 4.84. The van der Waals surface area contributed by atoms with Crippen LogP contribution in [0.25, 0.3) is 0 Å². The molecule has 2 saturated heterocycles. The van der Waals surface area contributed by atoms with Crippen LogP contribution < -0.4 is 10.2 Å². The lowest BCUT2D eigenvalue weighted by atomic mass is 9.68. The largest absolute Gasteiger partial charge is 0.416 e. The van der Waals surface area contributed by atoms with Crippen molar-refractivity contribution in [1.82, 2.24) is 10.2 Å². The predicted molar refractivity (Wildman–Crippen MR) is 114 cm³/mol. The number of hydrogen-bond donors (Lipinski definition) is 1. The van der Waals surface area contributed by atoms with Crippen molar-refractivity contribution in [3.63, 3.8) is 0 Å². The molecule has 2 aromatic carbocycles. The molecule has 1 N–H and O–H groups in total. The summed E-state index contributed by atoms with van der Waals surface area (Å²) in [6, 6.07) is 16.2. The van der Waals surface area contributed by atoms with Crippen molar-refractivity contribution in [3.05, 3.63) is 65.7 Å². The number of nitrogens with zero attached hydrogens (tertiary/aromatic N) is 2. The topological polar surface area (TPSA) is 31.0 Å². The number of benzene rings is 2. The second kappa shape index (κ2) is 7.22. The standard InChI is InChI=1S/C24H28F3N3O/c1-29(2)23(17-7-4-3-5-8-17)13-11-22(12-14-23)16-30(21-20(28-22)31-21)19-10-6-9-18(15-19)24(25,26)27/h3-10,15,20-21,28H,11-14,16H2,1-2H3. The highest BCUT2D eigenvalue weighted by molar-refractivity contribution is 5.52. The first-order valence-corrected chi connectivity index (χ1v) is 10.8. The molecule has 1 saturated carbocycles. The fraction of sp³-hybridized carbons (Fsp3) is 0.500. The zero-order valence-corrected chi connectivity index (χ0v) is 17.8. The number of hydrogen-bond acceptors (Lipinski definition) is 4. The third-order valence-corrected chi connectivity index (χ3v) is 7.40. The number of halogens is 3. The van der Waals surface area contributed by atoms with E-state index in [-0.39, 0.29) is 23.5 Å². The molecule has 2 unspecified atom stereocenters. The summed E-state index contributed by atoms with van der Waals surface area (Å²) in [6.07, 6.45) is -0.840. The van der Waals surface area contributed by atoms with Crippen molar-refractivity contribution in [2.45, 2.75) is 55.4 Å². The molecule has 166 valence electrons. The van der Waals surface area contributed by atoms with Crippen LogP contribution >= 0.6 is 0 Å². The minimum Gasteiger partial charge on any atom is -0.341 e. The molecule has 2 atom stereocenters. The van der Waals surface area contributed by atoms with Gasteiger partial charge in [0.1, 0.15) is 0 Å². The van der Waals surface area contributed by atoms with Gasteiger partial charge in [0.15, 0.2) is 12.5 Å². The minimum absolute atomic E-state index is 0.0313. The van der Waals surface area contributed by atoms with Gasteiger partial charge >= 0.3 is 6.18 Å². The molecule has 3 aliphatic rings. The number of anilines is 1. The third kappa shape index (κ3) is 3.62. The van der Waals surface area contributed by atoms with Crippen LogP contribution in [0.5, 0.6) is 0 Å². The van der Waals surface area contributed by atoms with Crippen LogP contribution in [0, 0.1) is 0 Å². The first-order chi connectivity index (χ1) is 14.7. The van der Waals surface area contributed by atoms with E-state index >= 15 is 0 Å². The Morgan fingerprint density at radius 1 is 1.00 bits per heavy atom.